The quantitative estimate of drug-likeness (QED) is 0.358. The second kappa shape index (κ2) is 8.72. The normalized spacial score (nSPS) is 19.6. The number of hydrogen-bond acceptors (Lipinski definition) is 7. The van der Waals surface area contributed by atoms with Crippen LogP contribution in [0.2, 0.25) is 0 Å². The van der Waals surface area contributed by atoms with E-state index < -0.39 is 21.5 Å². The summed E-state index contributed by atoms with van der Waals surface area (Å²) in [6.45, 7) is 0.279. The first-order valence-electron chi connectivity index (χ1n) is 8.68. The van der Waals surface area contributed by atoms with Crippen LogP contribution in [0.15, 0.2) is 41.3 Å². The lowest BCUT2D eigenvalue weighted by atomic mass is 10.0. The van der Waals surface area contributed by atoms with Crippen LogP contribution in [0.4, 0.5) is 0 Å². The van der Waals surface area contributed by atoms with Gasteiger partial charge >= 0.3 is 0 Å². The molecule has 0 bridgehead atoms. The molecular weight excluding hydrogens is 420 g/mol. The Hall–Kier alpha value is -2.11. The summed E-state index contributed by atoms with van der Waals surface area (Å²) in [6, 6.07) is 9.60. The molecular formula is C19H19O8S2-. The van der Waals surface area contributed by atoms with Crippen molar-refractivity contribution in [2.75, 3.05) is 7.11 Å². The zero-order valence-corrected chi connectivity index (χ0v) is 17.1. The minimum absolute atomic E-state index is 0.0329. The van der Waals surface area contributed by atoms with Crippen molar-refractivity contribution in [3.8, 4) is 5.75 Å². The summed E-state index contributed by atoms with van der Waals surface area (Å²) in [7, 11) is -2.97. The highest BCUT2D eigenvalue weighted by molar-refractivity contribution is 7.85. The van der Waals surface area contributed by atoms with E-state index in [-0.39, 0.29) is 35.5 Å². The van der Waals surface area contributed by atoms with E-state index >= 15 is 0 Å². The molecule has 8 nitrogen and oxygen atoms in total. The lowest BCUT2D eigenvalue weighted by Crippen LogP contribution is -2.05. The van der Waals surface area contributed by atoms with Crippen molar-refractivity contribution in [3.63, 3.8) is 0 Å². The predicted molar refractivity (Wildman–Crippen MR) is 103 cm³/mol. The minimum Gasteiger partial charge on any atom is -0.740 e. The number of aldehydes is 1. The van der Waals surface area contributed by atoms with Gasteiger partial charge in [-0.2, -0.15) is 8.42 Å². The van der Waals surface area contributed by atoms with Gasteiger partial charge in [-0.25, -0.2) is 4.21 Å². The minimum atomic E-state index is -4.49. The topological polar surface area (TPSA) is 130 Å². The molecule has 0 aromatic heterocycles. The van der Waals surface area contributed by atoms with Gasteiger partial charge in [-0.05, 0) is 52.6 Å². The van der Waals surface area contributed by atoms with E-state index in [1.807, 2.05) is 0 Å². The van der Waals surface area contributed by atoms with Crippen LogP contribution in [0.25, 0.3) is 0 Å². The Labute approximate surface area is 171 Å². The maximum atomic E-state index is 11.9. The van der Waals surface area contributed by atoms with Crippen LogP contribution >= 0.6 is 0 Å². The van der Waals surface area contributed by atoms with Crippen LogP contribution in [0.3, 0.4) is 0 Å². The third-order valence-electron chi connectivity index (χ3n) is 4.81. The maximum absolute atomic E-state index is 11.9. The summed E-state index contributed by atoms with van der Waals surface area (Å²) < 4.78 is 65.5. The van der Waals surface area contributed by atoms with E-state index in [1.165, 1.54) is 13.2 Å². The summed E-state index contributed by atoms with van der Waals surface area (Å²) in [5.74, 6) is -0.262. The van der Waals surface area contributed by atoms with Gasteiger partial charge in [0.15, 0.2) is 0 Å². The molecule has 0 radical (unpaired) electrons. The van der Waals surface area contributed by atoms with Crippen molar-refractivity contribution >= 4 is 27.8 Å². The zero-order chi connectivity index (χ0) is 21.2. The third-order valence-corrected chi connectivity index (χ3v) is 6.04. The van der Waals surface area contributed by atoms with Gasteiger partial charge in [0.05, 0.1) is 11.5 Å². The molecule has 1 N–H and O–H groups in total. The van der Waals surface area contributed by atoms with Gasteiger partial charge in [0.25, 0.3) is 10.1 Å². The molecule has 1 saturated carbocycles. The molecule has 2 aromatic carbocycles. The predicted octanol–water partition coefficient (Wildman–Crippen LogP) is 2.27. The van der Waals surface area contributed by atoms with Crippen LogP contribution in [0, 0.1) is 0 Å². The third kappa shape index (κ3) is 5.09. The number of carbonyl (C=O) groups is 1. The lowest BCUT2D eigenvalue weighted by Gasteiger charge is -2.14. The van der Waals surface area contributed by atoms with Crippen molar-refractivity contribution in [1.82, 2.24) is 0 Å². The van der Waals surface area contributed by atoms with Gasteiger partial charge < -0.3 is 18.3 Å². The van der Waals surface area contributed by atoms with Gasteiger partial charge in [-0.3, -0.25) is 4.55 Å². The molecule has 0 amide bonds. The van der Waals surface area contributed by atoms with Crippen molar-refractivity contribution in [2.45, 2.75) is 36.2 Å². The average molecular weight is 439 g/mol. The second-order valence-corrected chi connectivity index (χ2v) is 8.72. The Morgan fingerprint density at radius 2 is 1.83 bits per heavy atom. The fourth-order valence-electron chi connectivity index (χ4n) is 3.50. The highest BCUT2D eigenvalue weighted by Crippen LogP contribution is 2.58. The molecule has 3 unspecified atom stereocenters. The molecule has 29 heavy (non-hydrogen) atoms. The molecule has 1 aliphatic carbocycles. The fraction of sp³-hybridized carbons (Fsp3) is 0.316. The highest BCUT2D eigenvalue weighted by atomic mass is 32.2. The monoisotopic (exact) mass is 439 g/mol. The first-order valence-corrected chi connectivity index (χ1v) is 11.1. The van der Waals surface area contributed by atoms with Gasteiger partial charge in [0.1, 0.15) is 23.4 Å². The van der Waals surface area contributed by atoms with E-state index in [9.17, 15) is 26.5 Å². The first-order chi connectivity index (χ1) is 13.7. The molecule has 3 rings (SSSR count). The van der Waals surface area contributed by atoms with Crippen LogP contribution < -0.4 is 4.18 Å². The first kappa shape index (κ1) is 21.6. The van der Waals surface area contributed by atoms with E-state index in [2.05, 4.69) is 0 Å². The Morgan fingerprint density at radius 3 is 2.45 bits per heavy atom. The molecule has 10 heteroatoms. The van der Waals surface area contributed by atoms with Crippen LogP contribution in [-0.4, -0.2) is 35.1 Å². The molecule has 1 aliphatic rings. The van der Waals surface area contributed by atoms with Gasteiger partial charge in [-0.15, -0.1) is 0 Å². The van der Waals surface area contributed by atoms with Crippen molar-refractivity contribution < 1.29 is 35.4 Å². The molecule has 0 spiro atoms. The standard InChI is InChI=1S/C19H20O8S2/c1-26-11-13-3-4-14(18(8-13)27-28(21)22)16-10-17(16)15-5-2-12(6-7-20)9-19(15)29(23,24)25/h2-5,7-9,16-17H,6,10-11H2,1H3,(H,21,22)(H,23,24,25)/p-1. The second-order valence-electron chi connectivity index (χ2n) is 6.76. The number of rotatable bonds is 9. The van der Waals surface area contributed by atoms with Gasteiger partial charge in [0.2, 0.25) is 0 Å². The fourth-order valence-corrected chi connectivity index (χ4v) is 4.61. The molecule has 0 saturated heterocycles. The number of ether oxygens (including phenoxy) is 1. The van der Waals surface area contributed by atoms with E-state index in [1.54, 1.807) is 30.3 Å². The van der Waals surface area contributed by atoms with E-state index in [0.717, 1.165) is 5.56 Å². The Kier molecular flexibility index (Phi) is 6.49. The van der Waals surface area contributed by atoms with Crippen LogP contribution in [0.1, 0.15) is 40.5 Å². The summed E-state index contributed by atoms with van der Waals surface area (Å²) >= 11 is -2.77. The van der Waals surface area contributed by atoms with Crippen molar-refractivity contribution in [2.24, 2.45) is 0 Å². The number of carbonyl (C=O) groups excluding carboxylic acids is 1. The SMILES string of the molecule is COCc1ccc(C2CC2c2ccc(CC=O)cc2S(=O)(=O)O)c(OS(=O)[O-])c1. The summed E-state index contributed by atoms with van der Waals surface area (Å²) in [5, 5.41) is 0. The van der Waals surface area contributed by atoms with E-state index in [0.29, 0.717) is 29.4 Å². The summed E-state index contributed by atoms with van der Waals surface area (Å²) in [4.78, 5) is 10.5. The molecule has 2 aromatic rings. The van der Waals surface area contributed by atoms with Crippen LogP contribution in [-0.2, 0) is 44.0 Å². The maximum Gasteiger partial charge on any atom is 0.294 e. The summed E-state index contributed by atoms with van der Waals surface area (Å²) in [5.41, 5.74) is 2.24. The number of benzene rings is 2. The zero-order valence-electron chi connectivity index (χ0n) is 15.4. The Morgan fingerprint density at radius 1 is 1.17 bits per heavy atom. The smallest absolute Gasteiger partial charge is 0.294 e. The highest BCUT2D eigenvalue weighted by Gasteiger charge is 2.43. The Balaban J connectivity index is 1.96. The summed E-state index contributed by atoms with van der Waals surface area (Å²) in [6.07, 6.45) is 1.24. The molecule has 1 fully saturated rings. The van der Waals surface area contributed by atoms with Crippen molar-refractivity contribution in [3.05, 3.63) is 58.7 Å². The lowest BCUT2D eigenvalue weighted by molar-refractivity contribution is -0.107. The molecule has 0 aliphatic heterocycles. The molecule has 3 atom stereocenters. The average Bonchev–Trinajstić information content (AvgIpc) is 3.41. The van der Waals surface area contributed by atoms with Gasteiger partial charge in [0, 0.05) is 13.5 Å². The molecule has 156 valence electrons. The largest absolute Gasteiger partial charge is 0.740 e. The van der Waals surface area contributed by atoms with Crippen molar-refractivity contribution in [1.29, 1.82) is 0 Å². The van der Waals surface area contributed by atoms with Gasteiger partial charge in [-0.1, -0.05) is 24.3 Å². The Bertz CT molecular complexity index is 1050. The molecule has 0 heterocycles. The van der Waals surface area contributed by atoms with Crippen LogP contribution in [0.5, 0.6) is 5.75 Å². The van der Waals surface area contributed by atoms with E-state index in [4.69, 9.17) is 8.92 Å². The number of methoxy groups -OCH3 is 1. The number of hydrogen-bond donors (Lipinski definition) is 1.